The molecule has 5 heteroatoms. The Hall–Kier alpha value is -3.99. The van der Waals surface area contributed by atoms with Crippen molar-refractivity contribution in [3.05, 3.63) is 107 Å². The van der Waals surface area contributed by atoms with E-state index in [0.29, 0.717) is 0 Å². The average molecular weight is 426 g/mol. The van der Waals surface area contributed by atoms with Crippen LogP contribution in [0.25, 0.3) is 28.1 Å². The van der Waals surface area contributed by atoms with Gasteiger partial charge in [-0.2, -0.15) is 5.10 Å². The Bertz CT molecular complexity index is 1350. The molecule has 4 rings (SSSR count). The van der Waals surface area contributed by atoms with Crippen LogP contribution in [0.1, 0.15) is 41.2 Å². The molecule has 0 aliphatic heterocycles. The number of carboxylic acids is 1. The van der Waals surface area contributed by atoms with Gasteiger partial charge in [-0.25, -0.2) is 9.18 Å². The Kier molecular flexibility index (Phi) is 5.99. The van der Waals surface area contributed by atoms with Crippen molar-refractivity contribution >= 4 is 34.1 Å². The number of aromatic nitrogens is 2. The molecule has 0 aliphatic rings. The van der Waals surface area contributed by atoms with Gasteiger partial charge in [-0.15, -0.1) is 0 Å². The largest absolute Gasteiger partial charge is 0.478 e. The Morgan fingerprint density at radius 2 is 1.81 bits per heavy atom. The zero-order chi connectivity index (χ0) is 22.7. The normalized spacial score (nSPS) is 12.3. The monoisotopic (exact) mass is 426 g/mol. The van der Waals surface area contributed by atoms with Crippen LogP contribution in [0.3, 0.4) is 0 Å². The highest BCUT2D eigenvalue weighted by Crippen LogP contribution is 2.36. The highest BCUT2D eigenvalue weighted by Gasteiger charge is 2.16. The Balaban J connectivity index is 1.93. The molecule has 0 fully saturated rings. The number of carbonyl (C=O) groups is 1. The quantitative estimate of drug-likeness (QED) is 0.274. The lowest BCUT2D eigenvalue weighted by Gasteiger charge is -2.18. The number of H-pyrrole nitrogens is 1. The van der Waals surface area contributed by atoms with Crippen molar-refractivity contribution in [3.63, 3.8) is 0 Å². The molecule has 32 heavy (non-hydrogen) atoms. The van der Waals surface area contributed by atoms with E-state index in [9.17, 15) is 9.18 Å². The average Bonchev–Trinajstić information content (AvgIpc) is 3.25. The lowest BCUT2D eigenvalue weighted by atomic mass is 9.86. The summed E-state index contributed by atoms with van der Waals surface area (Å²) in [6.07, 6.45) is 5.24. The fraction of sp³-hybridized carbons (Fsp3) is 0.111. The molecule has 0 bridgehead atoms. The topological polar surface area (TPSA) is 66.0 Å². The van der Waals surface area contributed by atoms with E-state index in [1.54, 1.807) is 18.3 Å². The molecule has 1 aromatic heterocycles. The van der Waals surface area contributed by atoms with Crippen LogP contribution in [0.4, 0.5) is 4.39 Å². The summed E-state index contributed by atoms with van der Waals surface area (Å²) in [4.78, 5) is 10.8. The summed E-state index contributed by atoms with van der Waals surface area (Å²) in [5, 5.41) is 17.0. The van der Waals surface area contributed by atoms with Crippen molar-refractivity contribution in [2.45, 2.75) is 20.3 Å². The number of halogens is 1. The van der Waals surface area contributed by atoms with Crippen molar-refractivity contribution in [2.75, 3.05) is 0 Å². The third-order valence-electron chi connectivity index (χ3n) is 5.52. The van der Waals surface area contributed by atoms with Crippen molar-refractivity contribution in [3.8, 4) is 0 Å². The summed E-state index contributed by atoms with van der Waals surface area (Å²) < 4.78 is 13.8. The maximum Gasteiger partial charge on any atom is 0.328 e. The number of aromatic amines is 1. The van der Waals surface area contributed by atoms with Gasteiger partial charge in [0.2, 0.25) is 0 Å². The molecule has 4 aromatic rings. The van der Waals surface area contributed by atoms with Crippen LogP contribution in [-0.2, 0) is 4.79 Å². The molecule has 0 aliphatic carbocycles. The minimum absolute atomic E-state index is 0.252. The van der Waals surface area contributed by atoms with E-state index >= 15 is 0 Å². The van der Waals surface area contributed by atoms with Gasteiger partial charge in [-0.05, 0) is 82.6 Å². The summed E-state index contributed by atoms with van der Waals surface area (Å²) in [5.74, 6) is -1.24. The minimum Gasteiger partial charge on any atom is -0.478 e. The fourth-order valence-electron chi connectivity index (χ4n) is 4.01. The predicted molar refractivity (Wildman–Crippen MR) is 127 cm³/mol. The fourth-order valence-corrected chi connectivity index (χ4v) is 4.01. The zero-order valence-electron chi connectivity index (χ0n) is 17.9. The van der Waals surface area contributed by atoms with Crippen molar-refractivity contribution in [2.24, 2.45) is 0 Å². The number of hydrogen-bond donors (Lipinski definition) is 2. The van der Waals surface area contributed by atoms with E-state index in [4.69, 9.17) is 5.11 Å². The highest BCUT2D eigenvalue weighted by atomic mass is 19.1. The van der Waals surface area contributed by atoms with Gasteiger partial charge in [-0.3, -0.25) is 5.10 Å². The van der Waals surface area contributed by atoms with Crippen LogP contribution in [0, 0.1) is 12.7 Å². The summed E-state index contributed by atoms with van der Waals surface area (Å²) in [6, 6.07) is 18.8. The first kappa shape index (κ1) is 21.2. The van der Waals surface area contributed by atoms with Crippen molar-refractivity contribution in [1.82, 2.24) is 10.2 Å². The summed E-state index contributed by atoms with van der Waals surface area (Å²) in [7, 11) is 0. The summed E-state index contributed by atoms with van der Waals surface area (Å²) >= 11 is 0. The maximum atomic E-state index is 13.8. The third-order valence-corrected chi connectivity index (χ3v) is 5.52. The summed E-state index contributed by atoms with van der Waals surface area (Å²) in [6.45, 7) is 4.02. The first-order valence-electron chi connectivity index (χ1n) is 10.4. The first-order valence-corrected chi connectivity index (χ1v) is 10.4. The van der Waals surface area contributed by atoms with Gasteiger partial charge < -0.3 is 5.11 Å². The van der Waals surface area contributed by atoms with E-state index in [0.717, 1.165) is 62.4 Å². The van der Waals surface area contributed by atoms with Crippen LogP contribution in [0.5, 0.6) is 0 Å². The van der Waals surface area contributed by atoms with Crippen LogP contribution < -0.4 is 0 Å². The molecule has 0 saturated carbocycles. The van der Waals surface area contributed by atoms with E-state index in [-0.39, 0.29) is 5.82 Å². The molecule has 1 heterocycles. The van der Waals surface area contributed by atoms with Gasteiger partial charge in [-0.1, -0.05) is 43.3 Å². The highest BCUT2D eigenvalue weighted by molar-refractivity contribution is 6.01. The number of aliphatic carboxylic acids is 1. The van der Waals surface area contributed by atoms with Gasteiger partial charge in [0.15, 0.2) is 0 Å². The zero-order valence-corrected chi connectivity index (χ0v) is 17.9. The molecule has 0 spiro atoms. The number of nitrogens with zero attached hydrogens (tertiary/aromatic N) is 1. The smallest absolute Gasteiger partial charge is 0.328 e. The van der Waals surface area contributed by atoms with Crippen LogP contribution in [0.15, 0.2) is 72.9 Å². The third kappa shape index (κ3) is 4.37. The molecule has 3 aromatic carbocycles. The number of allylic oxidation sites excluding steroid dienone is 1. The second-order valence-electron chi connectivity index (χ2n) is 7.63. The number of nitrogens with one attached hydrogen (secondary N) is 1. The lowest BCUT2D eigenvalue weighted by molar-refractivity contribution is -0.131. The molecule has 0 saturated heterocycles. The number of hydrogen-bond acceptors (Lipinski definition) is 2. The van der Waals surface area contributed by atoms with E-state index < -0.39 is 5.97 Å². The van der Waals surface area contributed by atoms with Crippen LogP contribution >= 0.6 is 0 Å². The number of rotatable bonds is 6. The Labute approximate surface area is 185 Å². The van der Waals surface area contributed by atoms with Gasteiger partial charge in [0.1, 0.15) is 5.82 Å². The Morgan fingerprint density at radius 3 is 2.50 bits per heavy atom. The summed E-state index contributed by atoms with van der Waals surface area (Å²) in [5.41, 5.74) is 7.85. The molecule has 160 valence electrons. The lowest BCUT2D eigenvalue weighted by Crippen LogP contribution is -1.97. The van der Waals surface area contributed by atoms with Gasteiger partial charge in [0.05, 0.1) is 11.7 Å². The number of carboxylic acid groups (broad SMARTS) is 1. The van der Waals surface area contributed by atoms with Gasteiger partial charge in [0, 0.05) is 11.5 Å². The molecule has 0 unspecified atom stereocenters. The van der Waals surface area contributed by atoms with Crippen LogP contribution in [-0.4, -0.2) is 21.3 Å². The number of fused-ring (bicyclic) bond motifs is 1. The van der Waals surface area contributed by atoms with E-state index in [2.05, 4.69) is 29.3 Å². The minimum atomic E-state index is -0.983. The van der Waals surface area contributed by atoms with Crippen molar-refractivity contribution < 1.29 is 14.3 Å². The van der Waals surface area contributed by atoms with Crippen LogP contribution in [0.2, 0.25) is 0 Å². The van der Waals surface area contributed by atoms with Crippen molar-refractivity contribution in [1.29, 1.82) is 0 Å². The SMILES string of the molecule is CCC(=C(c1ccc(C=CC(=O)O)cc1)c1ccc2[nH]ncc2c1)c1ccc(F)cc1C. The second kappa shape index (κ2) is 9.02. The Morgan fingerprint density at radius 1 is 1.06 bits per heavy atom. The molecule has 0 atom stereocenters. The number of benzene rings is 3. The number of aryl methyl sites for hydroxylation is 1. The molecule has 2 N–H and O–H groups in total. The van der Waals surface area contributed by atoms with Gasteiger partial charge in [0.25, 0.3) is 0 Å². The van der Waals surface area contributed by atoms with E-state index in [1.807, 2.05) is 43.3 Å². The molecule has 0 radical (unpaired) electrons. The predicted octanol–water partition coefficient (Wildman–Crippen LogP) is 6.48. The molecular weight excluding hydrogens is 403 g/mol. The van der Waals surface area contributed by atoms with E-state index in [1.165, 1.54) is 6.07 Å². The molecule has 0 amide bonds. The molecular formula is C27H23FN2O2. The standard InChI is InChI=1S/C27H23FN2O2/c1-3-23(24-11-10-22(28)14-17(24)2)27(20-9-12-25-21(15-20)16-29-30-25)19-7-4-18(5-8-19)6-13-26(31)32/h4-16H,3H2,1-2H3,(H,29,30)(H,31,32). The maximum absolute atomic E-state index is 13.8. The molecule has 4 nitrogen and oxygen atoms in total. The second-order valence-corrected chi connectivity index (χ2v) is 7.63. The van der Waals surface area contributed by atoms with Gasteiger partial charge >= 0.3 is 5.97 Å². The first-order chi connectivity index (χ1) is 15.5.